The van der Waals surface area contributed by atoms with Gasteiger partial charge in [-0.3, -0.25) is 0 Å². The molecule has 100 valence electrons. The van der Waals surface area contributed by atoms with Crippen molar-refractivity contribution in [1.82, 2.24) is 10.3 Å². The van der Waals surface area contributed by atoms with Gasteiger partial charge in [-0.2, -0.15) is 13.2 Å². The first-order chi connectivity index (χ1) is 8.41. The van der Waals surface area contributed by atoms with Crippen LogP contribution in [0.25, 0.3) is 0 Å². The molecule has 1 saturated heterocycles. The van der Waals surface area contributed by atoms with Gasteiger partial charge in [0.2, 0.25) is 0 Å². The number of hydrogen-bond acceptors (Lipinski definition) is 2. The van der Waals surface area contributed by atoms with Gasteiger partial charge in [0.1, 0.15) is 5.15 Å². The van der Waals surface area contributed by atoms with Crippen LogP contribution in [0.2, 0.25) is 10.2 Å². The predicted octanol–water partition coefficient (Wildman–Crippen LogP) is 3.87. The van der Waals surface area contributed by atoms with E-state index in [1.165, 1.54) is 0 Å². The summed E-state index contributed by atoms with van der Waals surface area (Å²) in [4.78, 5) is 3.62. The molecule has 0 bridgehead atoms. The average Bonchev–Trinajstić information content (AvgIpc) is 2.28. The smallest absolute Gasteiger partial charge is 0.317 e. The van der Waals surface area contributed by atoms with Gasteiger partial charge in [0, 0.05) is 11.8 Å². The third-order valence-electron chi connectivity index (χ3n) is 3.05. The van der Waals surface area contributed by atoms with Crippen molar-refractivity contribution in [2.24, 2.45) is 0 Å². The molecule has 0 spiro atoms. The van der Waals surface area contributed by atoms with Crippen LogP contribution in [0.4, 0.5) is 13.2 Å². The number of alkyl halides is 3. The van der Waals surface area contributed by atoms with Gasteiger partial charge in [0.25, 0.3) is 0 Å². The standard InChI is InChI=1S/C11H11Cl2F3N2/c12-9-7(11(14,15)16)5-18-10(13)8(9)6-1-3-17-4-2-6/h5-6,17H,1-4H2. The van der Waals surface area contributed by atoms with Gasteiger partial charge in [-0.05, 0) is 31.8 Å². The normalized spacial score (nSPS) is 18.1. The van der Waals surface area contributed by atoms with Crippen LogP contribution in [0.5, 0.6) is 0 Å². The average molecular weight is 299 g/mol. The molecule has 0 saturated carbocycles. The van der Waals surface area contributed by atoms with Crippen molar-refractivity contribution in [3.63, 3.8) is 0 Å². The van der Waals surface area contributed by atoms with E-state index in [1.54, 1.807) is 0 Å². The number of pyridine rings is 1. The van der Waals surface area contributed by atoms with E-state index in [1.807, 2.05) is 0 Å². The molecule has 1 N–H and O–H groups in total. The summed E-state index contributed by atoms with van der Waals surface area (Å²) < 4.78 is 38.2. The fraction of sp³-hybridized carbons (Fsp3) is 0.545. The lowest BCUT2D eigenvalue weighted by molar-refractivity contribution is -0.137. The highest BCUT2D eigenvalue weighted by molar-refractivity contribution is 6.36. The molecule has 1 fully saturated rings. The zero-order chi connectivity index (χ0) is 13.3. The molecule has 0 aliphatic carbocycles. The van der Waals surface area contributed by atoms with Gasteiger partial charge >= 0.3 is 6.18 Å². The molecule has 2 rings (SSSR count). The molecule has 0 atom stereocenters. The van der Waals surface area contributed by atoms with Gasteiger partial charge in [-0.15, -0.1) is 0 Å². The van der Waals surface area contributed by atoms with Crippen molar-refractivity contribution in [3.05, 3.63) is 27.5 Å². The minimum absolute atomic E-state index is 0.0685. The maximum absolute atomic E-state index is 12.7. The first kappa shape index (κ1) is 13.9. The number of nitrogens with one attached hydrogen (secondary N) is 1. The van der Waals surface area contributed by atoms with Crippen LogP contribution >= 0.6 is 23.2 Å². The number of aromatic nitrogens is 1. The molecule has 18 heavy (non-hydrogen) atoms. The summed E-state index contributed by atoms with van der Waals surface area (Å²) in [6, 6.07) is 0. The Kier molecular flexibility index (Phi) is 4.04. The Hall–Kier alpha value is -0.520. The van der Waals surface area contributed by atoms with Crippen LogP contribution in [-0.4, -0.2) is 18.1 Å². The van der Waals surface area contributed by atoms with Gasteiger partial charge in [-0.1, -0.05) is 23.2 Å². The summed E-state index contributed by atoms with van der Waals surface area (Å²) in [7, 11) is 0. The lowest BCUT2D eigenvalue weighted by Crippen LogP contribution is -2.27. The zero-order valence-electron chi connectivity index (χ0n) is 9.32. The predicted molar refractivity (Wildman–Crippen MR) is 64.1 cm³/mol. The Bertz CT molecular complexity index is 443. The van der Waals surface area contributed by atoms with Crippen molar-refractivity contribution in [1.29, 1.82) is 0 Å². The number of rotatable bonds is 1. The van der Waals surface area contributed by atoms with E-state index >= 15 is 0 Å². The van der Waals surface area contributed by atoms with Crippen LogP contribution < -0.4 is 5.32 Å². The zero-order valence-corrected chi connectivity index (χ0v) is 10.8. The molecule has 2 nitrogen and oxygen atoms in total. The fourth-order valence-electron chi connectivity index (χ4n) is 2.14. The van der Waals surface area contributed by atoms with E-state index in [9.17, 15) is 13.2 Å². The van der Waals surface area contributed by atoms with Crippen molar-refractivity contribution in [3.8, 4) is 0 Å². The summed E-state index contributed by atoms with van der Waals surface area (Å²) in [5.74, 6) is -0.0685. The highest BCUT2D eigenvalue weighted by Gasteiger charge is 2.36. The van der Waals surface area contributed by atoms with Gasteiger partial charge in [0.05, 0.1) is 10.6 Å². The topological polar surface area (TPSA) is 24.9 Å². The van der Waals surface area contributed by atoms with Gasteiger partial charge < -0.3 is 5.32 Å². The van der Waals surface area contributed by atoms with Crippen LogP contribution in [-0.2, 0) is 6.18 Å². The maximum atomic E-state index is 12.7. The minimum Gasteiger partial charge on any atom is -0.317 e. The Morgan fingerprint density at radius 1 is 1.22 bits per heavy atom. The highest BCUT2D eigenvalue weighted by atomic mass is 35.5. The monoisotopic (exact) mass is 298 g/mol. The second-order valence-corrected chi connectivity index (χ2v) is 4.95. The first-order valence-electron chi connectivity index (χ1n) is 5.53. The molecule has 7 heteroatoms. The summed E-state index contributed by atoms with van der Waals surface area (Å²) in [6.45, 7) is 1.49. The van der Waals surface area contributed by atoms with Crippen molar-refractivity contribution in [2.45, 2.75) is 24.9 Å². The SMILES string of the molecule is FC(F)(F)c1cnc(Cl)c(C2CCNCC2)c1Cl. The van der Waals surface area contributed by atoms with Crippen LogP contribution in [0, 0.1) is 0 Å². The van der Waals surface area contributed by atoms with Crippen LogP contribution in [0.3, 0.4) is 0 Å². The molecule has 1 aromatic rings. The van der Waals surface area contributed by atoms with Crippen molar-refractivity contribution in [2.75, 3.05) is 13.1 Å². The number of nitrogens with zero attached hydrogens (tertiary/aromatic N) is 1. The van der Waals surface area contributed by atoms with E-state index in [4.69, 9.17) is 23.2 Å². The summed E-state index contributed by atoms with van der Waals surface area (Å²) in [5, 5.41) is 2.90. The third-order valence-corrected chi connectivity index (χ3v) is 3.76. The Morgan fingerprint density at radius 2 is 1.83 bits per heavy atom. The third kappa shape index (κ3) is 2.73. The molecule has 0 radical (unpaired) electrons. The summed E-state index contributed by atoms with van der Waals surface area (Å²) in [6.07, 6.45) is -2.39. The van der Waals surface area contributed by atoms with E-state index < -0.39 is 11.7 Å². The Balaban J connectivity index is 2.45. The van der Waals surface area contributed by atoms with E-state index in [0.717, 1.165) is 13.1 Å². The fourth-order valence-corrected chi connectivity index (χ4v) is 2.88. The van der Waals surface area contributed by atoms with E-state index in [2.05, 4.69) is 10.3 Å². The molecule has 0 aromatic carbocycles. The lowest BCUT2D eigenvalue weighted by Gasteiger charge is -2.25. The highest BCUT2D eigenvalue weighted by Crippen LogP contribution is 2.42. The first-order valence-corrected chi connectivity index (χ1v) is 6.28. The Labute approximate surface area is 112 Å². The summed E-state index contributed by atoms with van der Waals surface area (Å²) in [5.41, 5.74) is -0.586. The maximum Gasteiger partial charge on any atom is 0.419 e. The molecule has 0 unspecified atom stereocenters. The number of hydrogen-bond donors (Lipinski definition) is 1. The van der Waals surface area contributed by atoms with E-state index in [0.29, 0.717) is 24.6 Å². The van der Waals surface area contributed by atoms with Crippen molar-refractivity contribution < 1.29 is 13.2 Å². The van der Waals surface area contributed by atoms with E-state index in [-0.39, 0.29) is 16.1 Å². The molecule has 1 aliphatic heterocycles. The molecule has 0 amide bonds. The second kappa shape index (κ2) is 5.23. The summed E-state index contributed by atoms with van der Waals surface area (Å²) >= 11 is 11.8. The minimum atomic E-state index is -4.50. The largest absolute Gasteiger partial charge is 0.419 e. The van der Waals surface area contributed by atoms with Crippen molar-refractivity contribution >= 4 is 23.2 Å². The molecule has 1 aliphatic rings. The number of halogens is 5. The second-order valence-electron chi connectivity index (χ2n) is 4.21. The molecular weight excluding hydrogens is 288 g/mol. The Morgan fingerprint density at radius 3 is 2.39 bits per heavy atom. The number of piperidine rings is 1. The van der Waals surface area contributed by atoms with Crippen LogP contribution in [0.1, 0.15) is 29.9 Å². The van der Waals surface area contributed by atoms with Gasteiger partial charge in [0.15, 0.2) is 0 Å². The molecule has 1 aromatic heterocycles. The van der Waals surface area contributed by atoms with Gasteiger partial charge in [-0.25, -0.2) is 4.98 Å². The molecule has 2 heterocycles. The quantitative estimate of drug-likeness (QED) is 0.796. The van der Waals surface area contributed by atoms with Crippen LogP contribution in [0.15, 0.2) is 6.20 Å². The molecular formula is C11H11Cl2F3N2. The lowest BCUT2D eigenvalue weighted by atomic mass is 9.90.